The van der Waals surface area contributed by atoms with Crippen molar-refractivity contribution in [2.45, 2.75) is 63.4 Å². The van der Waals surface area contributed by atoms with Gasteiger partial charge in [-0.2, -0.15) is 4.31 Å². The lowest BCUT2D eigenvalue weighted by Crippen LogP contribution is -2.41. The number of hydrogen-bond donors (Lipinski definition) is 1. The van der Waals surface area contributed by atoms with Crippen LogP contribution in [0, 0.1) is 25.6 Å². The molecule has 3 aromatic carbocycles. The molecule has 0 aromatic heterocycles. The van der Waals surface area contributed by atoms with Crippen molar-refractivity contribution in [3.05, 3.63) is 101 Å². The zero-order valence-electron chi connectivity index (χ0n) is 21.5. The first-order valence-corrected chi connectivity index (χ1v) is 14.3. The molecule has 1 aliphatic rings. The minimum absolute atomic E-state index is 0.0207. The Morgan fingerprint density at radius 3 is 2.24 bits per heavy atom. The molecule has 7 heteroatoms. The lowest BCUT2D eigenvalue weighted by Gasteiger charge is -2.33. The molecule has 0 saturated heterocycles. The van der Waals surface area contributed by atoms with Crippen LogP contribution in [0.2, 0.25) is 0 Å². The van der Waals surface area contributed by atoms with Gasteiger partial charge in [0.05, 0.1) is 11.3 Å². The minimum Gasteiger partial charge on any atom is -0.353 e. The summed E-state index contributed by atoms with van der Waals surface area (Å²) in [5.74, 6) is -0.245. The number of amides is 1. The van der Waals surface area contributed by atoms with Gasteiger partial charge in [-0.05, 0) is 80.3 Å². The number of nitrogens with one attached hydrogen (secondary N) is 1. The first-order chi connectivity index (χ1) is 17.7. The molecule has 4 rings (SSSR count). The maximum absolute atomic E-state index is 13.7. The van der Waals surface area contributed by atoms with Crippen molar-refractivity contribution in [2.24, 2.45) is 5.92 Å². The Labute approximate surface area is 219 Å². The lowest BCUT2D eigenvalue weighted by atomic mass is 9.86. The molecule has 0 radical (unpaired) electrons. The van der Waals surface area contributed by atoms with Crippen molar-refractivity contribution in [2.75, 3.05) is 6.54 Å². The van der Waals surface area contributed by atoms with Crippen LogP contribution in [0.5, 0.6) is 0 Å². The smallest absolute Gasteiger partial charge is 0.243 e. The predicted octanol–water partition coefficient (Wildman–Crippen LogP) is 5.55. The number of benzene rings is 3. The van der Waals surface area contributed by atoms with Crippen LogP contribution in [-0.4, -0.2) is 31.2 Å². The minimum atomic E-state index is -3.82. The summed E-state index contributed by atoms with van der Waals surface area (Å²) in [5, 5.41) is 3.16. The van der Waals surface area contributed by atoms with Crippen LogP contribution in [0.15, 0.2) is 77.7 Å². The Morgan fingerprint density at radius 2 is 1.59 bits per heavy atom. The molecule has 0 aliphatic heterocycles. The van der Waals surface area contributed by atoms with Crippen molar-refractivity contribution < 1.29 is 17.6 Å². The molecule has 37 heavy (non-hydrogen) atoms. The molecule has 1 fully saturated rings. The fraction of sp³-hybridized carbons (Fsp3) is 0.367. The Balaban J connectivity index is 1.40. The van der Waals surface area contributed by atoms with Gasteiger partial charge in [0, 0.05) is 19.1 Å². The normalized spacial score (nSPS) is 18.1. The Kier molecular flexibility index (Phi) is 8.77. The summed E-state index contributed by atoms with van der Waals surface area (Å²) < 4.78 is 42.6. The molecule has 0 heterocycles. The van der Waals surface area contributed by atoms with Crippen LogP contribution in [-0.2, 0) is 27.8 Å². The Bertz CT molecular complexity index is 1300. The third kappa shape index (κ3) is 7.27. The zero-order chi connectivity index (χ0) is 26.4. The van der Waals surface area contributed by atoms with Crippen LogP contribution >= 0.6 is 0 Å². The van der Waals surface area contributed by atoms with Gasteiger partial charge in [-0.15, -0.1) is 0 Å². The van der Waals surface area contributed by atoms with Gasteiger partial charge in [0.1, 0.15) is 5.82 Å². The van der Waals surface area contributed by atoms with Gasteiger partial charge in [0.2, 0.25) is 15.9 Å². The fourth-order valence-corrected chi connectivity index (χ4v) is 6.73. The second kappa shape index (κ2) is 12.0. The molecule has 0 spiro atoms. The van der Waals surface area contributed by atoms with Crippen molar-refractivity contribution in [1.82, 2.24) is 9.62 Å². The number of nitrogens with zero attached hydrogens (tertiary/aromatic N) is 1. The molecule has 196 valence electrons. The van der Waals surface area contributed by atoms with Crippen LogP contribution in [0.4, 0.5) is 4.39 Å². The molecule has 0 bridgehead atoms. The van der Waals surface area contributed by atoms with Gasteiger partial charge in [0.25, 0.3) is 0 Å². The molecular formula is C30H35FN2O3S. The summed E-state index contributed by atoms with van der Waals surface area (Å²) >= 11 is 0. The Morgan fingerprint density at radius 1 is 0.919 bits per heavy atom. The van der Waals surface area contributed by atoms with Gasteiger partial charge in [-0.1, -0.05) is 60.2 Å². The summed E-state index contributed by atoms with van der Waals surface area (Å²) in [4.78, 5) is 12.7. The summed E-state index contributed by atoms with van der Waals surface area (Å²) in [6.45, 7) is 4.29. The molecule has 0 atom stereocenters. The topological polar surface area (TPSA) is 66.5 Å². The molecular weight excluding hydrogens is 487 g/mol. The average molecular weight is 523 g/mol. The second-order valence-corrected chi connectivity index (χ2v) is 12.0. The highest BCUT2D eigenvalue weighted by molar-refractivity contribution is 7.89. The van der Waals surface area contributed by atoms with Gasteiger partial charge < -0.3 is 5.32 Å². The average Bonchev–Trinajstić information content (AvgIpc) is 2.86. The van der Waals surface area contributed by atoms with E-state index in [9.17, 15) is 17.6 Å². The molecule has 1 amide bonds. The van der Waals surface area contributed by atoms with E-state index in [1.165, 1.54) is 28.1 Å². The summed E-state index contributed by atoms with van der Waals surface area (Å²) in [6.07, 6.45) is 3.66. The van der Waals surface area contributed by atoms with E-state index in [1.807, 2.05) is 61.5 Å². The highest BCUT2D eigenvalue weighted by Gasteiger charge is 2.31. The highest BCUT2D eigenvalue weighted by atomic mass is 32.2. The quantitative estimate of drug-likeness (QED) is 0.401. The highest BCUT2D eigenvalue weighted by Crippen LogP contribution is 2.29. The monoisotopic (exact) mass is 522 g/mol. The van der Waals surface area contributed by atoms with Crippen LogP contribution in [0.1, 0.15) is 47.9 Å². The molecule has 1 N–H and O–H groups in total. The maximum Gasteiger partial charge on any atom is 0.243 e. The SMILES string of the molecule is Cc1ccc(CC(=O)NC2CCC(CN(Cc3ccccc3)S(=O)(=O)c3ccc(F)cc3C)CC2)cc1. The van der Waals surface area contributed by atoms with Crippen molar-refractivity contribution in [1.29, 1.82) is 0 Å². The van der Waals surface area contributed by atoms with E-state index in [-0.39, 0.29) is 29.3 Å². The number of halogens is 1. The van der Waals surface area contributed by atoms with E-state index in [0.717, 1.165) is 36.8 Å². The Hall–Kier alpha value is -3.03. The summed E-state index contributed by atoms with van der Waals surface area (Å²) in [6, 6.07) is 21.4. The van der Waals surface area contributed by atoms with Gasteiger partial charge in [-0.3, -0.25) is 4.79 Å². The number of rotatable bonds is 9. The number of carbonyl (C=O) groups is 1. The van der Waals surface area contributed by atoms with Gasteiger partial charge in [-0.25, -0.2) is 12.8 Å². The number of hydrogen-bond acceptors (Lipinski definition) is 3. The fourth-order valence-electron chi connectivity index (χ4n) is 5.02. The first kappa shape index (κ1) is 27.0. The van der Waals surface area contributed by atoms with E-state index in [4.69, 9.17) is 0 Å². The van der Waals surface area contributed by atoms with E-state index in [1.54, 1.807) is 6.92 Å². The summed E-state index contributed by atoms with van der Waals surface area (Å²) in [7, 11) is -3.82. The molecule has 3 aromatic rings. The van der Waals surface area contributed by atoms with E-state index < -0.39 is 15.8 Å². The van der Waals surface area contributed by atoms with Gasteiger partial charge >= 0.3 is 0 Å². The van der Waals surface area contributed by atoms with E-state index >= 15 is 0 Å². The number of aryl methyl sites for hydroxylation is 2. The second-order valence-electron chi connectivity index (χ2n) is 10.1. The zero-order valence-corrected chi connectivity index (χ0v) is 22.3. The van der Waals surface area contributed by atoms with E-state index in [2.05, 4.69) is 5.32 Å². The standard InChI is InChI=1S/C30H35FN2O3S/c1-22-8-10-24(11-9-22)19-30(34)32-28-15-12-26(13-16-28)21-33(20-25-6-4-3-5-7-25)37(35,36)29-17-14-27(31)18-23(29)2/h3-11,14,17-18,26,28H,12-13,15-16,19-21H2,1-2H3,(H,32,34). The molecule has 0 unspecified atom stereocenters. The van der Waals surface area contributed by atoms with Crippen LogP contribution in [0.3, 0.4) is 0 Å². The van der Waals surface area contributed by atoms with Gasteiger partial charge in [0.15, 0.2) is 0 Å². The van der Waals surface area contributed by atoms with E-state index in [0.29, 0.717) is 18.5 Å². The number of sulfonamides is 1. The predicted molar refractivity (Wildman–Crippen MR) is 144 cm³/mol. The third-order valence-electron chi connectivity index (χ3n) is 7.12. The first-order valence-electron chi connectivity index (χ1n) is 12.9. The largest absolute Gasteiger partial charge is 0.353 e. The van der Waals surface area contributed by atoms with Crippen molar-refractivity contribution >= 4 is 15.9 Å². The number of carbonyl (C=O) groups excluding carboxylic acids is 1. The maximum atomic E-state index is 13.7. The van der Waals surface area contributed by atoms with Crippen LogP contribution in [0.25, 0.3) is 0 Å². The summed E-state index contributed by atoms with van der Waals surface area (Å²) in [5.41, 5.74) is 3.47. The molecule has 5 nitrogen and oxygen atoms in total. The van der Waals surface area contributed by atoms with Crippen LogP contribution < -0.4 is 5.32 Å². The third-order valence-corrected chi connectivity index (χ3v) is 9.09. The van der Waals surface area contributed by atoms with Crippen molar-refractivity contribution in [3.63, 3.8) is 0 Å². The molecule has 1 saturated carbocycles. The molecule has 1 aliphatic carbocycles. The van der Waals surface area contributed by atoms with Crippen molar-refractivity contribution in [3.8, 4) is 0 Å². The lowest BCUT2D eigenvalue weighted by molar-refractivity contribution is -0.121.